The summed E-state index contributed by atoms with van der Waals surface area (Å²) in [7, 11) is 0. The summed E-state index contributed by atoms with van der Waals surface area (Å²) in [6.07, 6.45) is 0. The van der Waals surface area contributed by atoms with Crippen LogP contribution in [0.4, 0.5) is 17.1 Å². The van der Waals surface area contributed by atoms with Gasteiger partial charge in [0.1, 0.15) is 0 Å². The summed E-state index contributed by atoms with van der Waals surface area (Å²) in [6, 6.07) is 19.4. The molecule has 4 rings (SSSR count). The van der Waals surface area contributed by atoms with Crippen LogP contribution in [-0.4, -0.2) is 35.2 Å². The van der Waals surface area contributed by atoms with E-state index in [-0.39, 0.29) is 18.4 Å². The van der Waals surface area contributed by atoms with E-state index in [0.717, 1.165) is 0 Å². The zero-order chi connectivity index (χ0) is 21.6. The van der Waals surface area contributed by atoms with Crippen LogP contribution in [0.2, 0.25) is 0 Å². The summed E-state index contributed by atoms with van der Waals surface area (Å²) >= 11 is 0. The van der Waals surface area contributed by atoms with Crippen LogP contribution in [0, 0.1) is 0 Å². The molecule has 0 atom stereocenters. The van der Waals surface area contributed by atoms with Crippen molar-refractivity contribution in [3.63, 3.8) is 0 Å². The molecule has 1 aromatic heterocycles. The minimum Gasteiger partial charge on any atom is -0.397 e. The van der Waals surface area contributed by atoms with E-state index in [4.69, 9.17) is 10.4 Å². The van der Waals surface area contributed by atoms with Crippen molar-refractivity contribution in [2.75, 3.05) is 24.1 Å². The molecule has 5 N–H and O–H groups in total. The Balaban J connectivity index is 1.40. The molecule has 0 aliphatic heterocycles. The van der Waals surface area contributed by atoms with Gasteiger partial charge in [-0.15, -0.1) is 0 Å². The number of nitrogens with zero attached hydrogens (tertiary/aromatic N) is 2. The lowest BCUT2D eigenvalue weighted by Gasteiger charge is -2.13. The minimum absolute atomic E-state index is 0.189. The number of nitrogens with one attached hydrogen (secondary N) is 3. The fourth-order valence-corrected chi connectivity index (χ4v) is 3.06. The largest absolute Gasteiger partial charge is 0.397 e. The number of benzene rings is 3. The molecule has 0 fully saturated rings. The van der Waals surface area contributed by atoms with Gasteiger partial charge in [0.05, 0.1) is 22.6 Å². The molecular formula is C22H20N6O3. The van der Waals surface area contributed by atoms with Crippen LogP contribution in [0.1, 0.15) is 20.7 Å². The summed E-state index contributed by atoms with van der Waals surface area (Å²) in [5.74, 6) is -0.465. The molecular weight excluding hydrogens is 396 g/mol. The van der Waals surface area contributed by atoms with Gasteiger partial charge in [0.15, 0.2) is 11.0 Å². The van der Waals surface area contributed by atoms with Crippen molar-refractivity contribution in [3.8, 4) is 0 Å². The van der Waals surface area contributed by atoms with E-state index in [9.17, 15) is 9.59 Å². The number of rotatable bonds is 7. The highest BCUT2D eigenvalue weighted by molar-refractivity contribution is 6.02. The van der Waals surface area contributed by atoms with E-state index in [2.05, 4.69) is 26.3 Å². The number of aromatic nitrogens is 2. The molecule has 0 aliphatic carbocycles. The Morgan fingerprint density at radius 3 is 2.26 bits per heavy atom. The standard InChI is InChI=1S/C22H20N6O3/c23-16-10-11-18(20-19(16)27-31-28-20)26-17-9-5-4-8-15(17)22(30)25-13-12-24-21(29)14-6-2-1-3-7-14/h1-11,26H,12-13,23H2,(H,24,29)(H,25,30). The molecule has 9 nitrogen and oxygen atoms in total. The first kappa shape index (κ1) is 19.9. The van der Waals surface area contributed by atoms with Crippen molar-refractivity contribution in [1.82, 2.24) is 20.9 Å². The van der Waals surface area contributed by atoms with Crippen molar-refractivity contribution in [1.29, 1.82) is 0 Å². The van der Waals surface area contributed by atoms with Gasteiger partial charge in [0.25, 0.3) is 11.8 Å². The quantitative estimate of drug-likeness (QED) is 0.269. The van der Waals surface area contributed by atoms with Gasteiger partial charge < -0.3 is 21.7 Å². The number of anilines is 3. The van der Waals surface area contributed by atoms with Crippen LogP contribution in [0.25, 0.3) is 11.0 Å². The van der Waals surface area contributed by atoms with Gasteiger partial charge in [-0.3, -0.25) is 9.59 Å². The number of hydrogen-bond donors (Lipinski definition) is 4. The first-order chi connectivity index (χ1) is 15.1. The van der Waals surface area contributed by atoms with Crippen molar-refractivity contribution < 1.29 is 14.2 Å². The van der Waals surface area contributed by atoms with Crippen molar-refractivity contribution in [3.05, 3.63) is 77.9 Å². The maximum Gasteiger partial charge on any atom is 0.253 e. The predicted molar refractivity (Wildman–Crippen MR) is 117 cm³/mol. The highest BCUT2D eigenvalue weighted by Gasteiger charge is 2.14. The van der Waals surface area contributed by atoms with E-state index in [1.54, 1.807) is 54.6 Å². The third kappa shape index (κ3) is 4.45. The lowest BCUT2D eigenvalue weighted by molar-refractivity contribution is 0.0928. The average Bonchev–Trinajstić information content (AvgIpc) is 3.30. The van der Waals surface area contributed by atoms with Crippen molar-refractivity contribution in [2.45, 2.75) is 0 Å². The zero-order valence-corrected chi connectivity index (χ0v) is 16.5. The summed E-state index contributed by atoms with van der Waals surface area (Å²) in [5.41, 5.74) is 9.46. The molecule has 0 radical (unpaired) electrons. The smallest absolute Gasteiger partial charge is 0.253 e. The summed E-state index contributed by atoms with van der Waals surface area (Å²) in [6.45, 7) is 0.587. The first-order valence-corrected chi connectivity index (χ1v) is 9.62. The van der Waals surface area contributed by atoms with Gasteiger partial charge in [-0.2, -0.15) is 0 Å². The van der Waals surface area contributed by atoms with Crippen LogP contribution in [0.3, 0.4) is 0 Å². The molecule has 31 heavy (non-hydrogen) atoms. The molecule has 156 valence electrons. The maximum absolute atomic E-state index is 12.7. The van der Waals surface area contributed by atoms with Crippen LogP contribution >= 0.6 is 0 Å². The van der Waals surface area contributed by atoms with Gasteiger partial charge in [-0.1, -0.05) is 30.3 Å². The van der Waals surface area contributed by atoms with E-state index < -0.39 is 0 Å². The van der Waals surface area contributed by atoms with E-state index >= 15 is 0 Å². The fourth-order valence-electron chi connectivity index (χ4n) is 3.06. The molecule has 4 aromatic rings. The van der Waals surface area contributed by atoms with Crippen LogP contribution in [-0.2, 0) is 0 Å². The van der Waals surface area contributed by atoms with Gasteiger partial charge in [-0.25, -0.2) is 4.63 Å². The third-order valence-corrected chi connectivity index (χ3v) is 4.62. The lowest BCUT2D eigenvalue weighted by Crippen LogP contribution is -2.34. The predicted octanol–water partition coefficient (Wildman–Crippen LogP) is 2.71. The molecule has 0 saturated heterocycles. The Kier molecular flexibility index (Phi) is 5.75. The van der Waals surface area contributed by atoms with E-state index in [0.29, 0.717) is 45.8 Å². The Labute approximate surface area is 177 Å². The Bertz CT molecular complexity index is 1220. The van der Waals surface area contributed by atoms with Crippen molar-refractivity contribution in [2.24, 2.45) is 0 Å². The molecule has 9 heteroatoms. The Morgan fingerprint density at radius 1 is 0.774 bits per heavy atom. The van der Waals surface area contributed by atoms with Crippen molar-refractivity contribution >= 4 is 39.9 Å². The van der Waals surface area contributed by atoms with E-state index in [1.807, 2.05) is 12.1 Å². The second-order valence-corrected chi connectivity index (χ2v) is 6.71. The number of amides is 2. The maximum atomic E-state index is 12.7. The highest BCUT2D eigenvalue weighted by Crippen LogP contribution is 2.29. The normalized spacial score (nSPS) is 10.6. The topological polar surface area (TPSA) is 135 Å². The fraction of sp³-hybridized carbons (Fsp3) is 0.0909. The van der Waals surface area contributed by atoms with Crippen LogP contribution in [0.5, 0.6) is 0 Å². The molecule has 3 aromatic carbocycles. The lowest BCUT2D eigenvalue weighted by atomic mass is 10.1. The number of carbonyl (C=O) groups excluding carboxylic acids is 2. The highest BCUT2D eigenvalue weighted by atomic mass is 16.6. The molecule has 0 spiro atoms. The van der Waals surface area contributed by atoms with Gasteiger partial charge in [-0.05, 0) is 46.7 Å². The zero-order valence-electron chi connectivity index (χ0n) is 16.5. The number of nitrogen functional groups attached to an aromatic ring is 1. The Morgan fingerprint density at radius 2 is 1.45 bits per heavy atom. The van der Waals surface area contributed by atoms with E-state index in [1.165, 1.54) is 0 Å². The third-order valence-electron chi connectivity index (χ3n) is 4.62. The summed E-state index contributed by atoms with van der Waals surface area (Å²) < 4.78 is 4.78. The number of fused-ring (bicyclic) bond motifs is 1. The molecule has 0 bridgehead atoms. The molecule has 0 unspecified atom stereocenters. The first-order valence-electron chi connectivity index (χ1n) is 9.62. The number of hydrogen-bond acceptors (Lipinski definition) is 7. The molecule has 0 saturated carbocycles. The van der Waals surface area contributed by atoms with Crippen LogP contribution < -0.4 is 21.7 Å². The number of nitrogens with two attached hydrogens (primary N) is 1. The summed E-state index contributed by atoms with van der Waals surface area (Å²) in [4.78, 5) is 24.8. The SMILES string of the molecule is Nc1ccc(Nc2ccccc2C(=O)NCCNC(=O)c2ccccc2)c2nonc12. The second kappa shape index (κ2) is 8.95. The van der Waals surface area contributed by atoms with Crippen LogP contribution in [0.15, 0.2) is 71.4 Å². The number of carbonyl (C=O) groups is 2. The minimum atomic E-state index is -0.276. The average molecular weight is 416 g/mol. The molecule has 0 aliphatic rings. The molecule has 2 amide bonds. The van der Waals surface area contributed by atoms with Gasteiger partial charge in [0, 0.05) is 18.7 Å². The monoisotopic (exact) mass is 416 g/mol. The Hall–Kier alpha value is -4.40. The number of para-hydroxylation sites is 1. The van der Waals surface area contributed by atoms with Gasteiger partial charge in [0.2, 0.25) is 0 Å². The summed E-state index contributed by atoms with van der Waals surface area (Å²) in [5, 5.41) is 16.5. The molecule has 1 heterocycles. The van der Waals surface area contributed by atoms with Gasteiger partial charge >= 0.3 is 0 Å². The second-order valence-electron chi connectivity index (χ2n) is 6.71.